The number of fused-ring (bicyclic) bond motifs is 1. The molecule has 0 N–H and O–H groups in total. The number of hydrogen-bond acceptors (Lipinski definition) is 4. The van der Waals surface area contributed by atoms with Gasteiger partial charge in [0.15, 0.2) is 0 Å². The van der Waals surface area contributed by atoms with Crippen LogP contribution in [-0.2, 0) is 10.0 Å². The Morgan fingerprint density at radius 2 is 1.65 bits per heavy atom. The van der Waals surface area contributed by atoms with Crippen molar-refractivity contribution in [2.45, 2.75) is 25.2 Å². The third kappa shape index (κ3) is 3.29. The molecular formula is C20H22N2O2S2. The molecule has 0 spiro atoms. The van der Waals surface area contributed by atoms with Crippen LogP contribution in [0.2, 0.25) is 0 Å². The molecule has 3 aromatic rings. The summed E-state index contributed by atoms with van der Waals surface area (Å²) in [4.78, 5) is 5.01. The van der Waals surface area contributed by atoms with Gasteiger partial charge in [-0.05, 0) is 42.5 Å². The fraction of sp³-hybridized carbons (Fsp3) is 0.350. The van der Waals surface area contributed by atoms with E-state index in [1.807, 2.05) is 36.4 Å². The molecule has 0 aliphatic carbocycles. The molecule has 1 aromatic heterocycles. The van der Waals surface area contributed by atoms with E-state index in [2.05, 4.69) is 18.8 Å². The number of benzene rings is 2. The molecule has 0 bridgehead atoms. The topological polar surface area (TPSA) is 50.3 Å². The van der Waals surface area contributed by atoms with Gasteiger partial charge in [0.25, 0.3) is 0 Å². The molecular weight excluding hydrogens is 364 g/mol. The predicted molar refractivity (Wildman–Crippen MR) is 107 cm³/mol. The van der Waals surface area contributed by atoms with Crippen molar-refractivity contribution in [3.8, 4) is 10.6 Å². The highest BCUT2D eigenvalue weighted by Gasteiger charge is 2.31. The Kier molecular flexibility index (Phi) is 4.59. The number of rotatable bonds is 3. The maximum absolute atomic E-state index is 13.0. The van der Waals surface area contributed by atoms with Gasteiger partial charge in [-0.15, -0.1) is 11.3 Å². The van der Waals surface area contributed by atoms with E-state index < -0.39 is 10.0 Å². The van der Waals surface area contributed by atoms with Gasteiger partial charge in [-0.1, -0.05) is 38.1 Å². The van der Waals surface area contributed by atoms with E-state index >= 15 is 0 Å². The van der Waals surface area contributed by atoms with E-state index in [9.17, 15) is 8.42 Å². The van der Waals surface area contributed by atoms with E-state index in [-0.39, 0.29) is 0 Å². The summed E-state index contributed by atoms with van der Waals surface area (Å²) >= 11 is 1.62. The summed E-state index contributed by atoms with van der Waals surface area (Å²) in [7, 11) is -3.44. The molecule has 1 saturated heterocycles. The minimum atomic E-state index is -3.44. The van der Waals surface area contributed by atoms with Crippen LogP contribution < -0.4 is 0 Å². The van der Waals surface area contributed by atoms with Gasteiger partial charge in [-0.3, -0.25) is 0 Å². The fourth-order valence-electron chi connectivity index (χ4n) is 3.72. The highest BCUT2D eigenvalue weighted by molar-refractivity contribution is 7.89. The molecule has 0 amide bonds. The number of thiazole rings is 1. The zero-order valence-corrected chi connectivity index (χ0v) is 16.6. The summed E-state index contributed by atoms with van der Waals surface area (Å²) in [6.07, 6.45) is 1.09. The molecule has 2 heterocycles. The van der Waals surface area contributed by atoms with Crippen LogP contribution >= 0.6 is 11.3 Å². The summed E-state index contributed by atoms with van der Waals surface area (Å²) in [6, 6.07) is 15.2. The van der Waals surface area contributed by atoms with Crippen LogP contribution in [0.1, 0.15) is 20.3 Å². The molecule has 2 atom stereocenters. The number of piperidine rings is 1. The monoisotopic (exact) mass is 386 g/mol. The number of para-hydroxylation sites is 1. The second-order valence-corrected chi connectivity index (χ2v) is 10.2. The molecule has 6 heteroatoms. The molecule has 2 aromatic carbocycles. The molecule has 0 radical (unpaired) electrons. The Morgan fingerprint density at radius 3 is 2.31 bits per heavy atom. The van der Waals surface area contributed by atoms with Crippen molar-refractivity contribution in [3.63, 3.8) is 0 Å². The van der Waals surface area contributed by atoms with Gasteiger partial charge >= 0.3 is 0 Å². The largest absolute Gasteiger partial charge is 0.243 e. The van der Waals surface area contributed by atoms with Gasteiger partial charge in [0.2, 0.25) is 10.0 Å². The summed E-state index contributed by atoms with van der Waals surface area (Å²) in [5.74, 6) is 0.797. The van der Waals surface area contributed by atoms with E-state index in [4.69, 9.17) is 0 Å². The first-order chi connectivity index (χ1) is 12.4. The lowest BCUT2D eigenvalue weighted by Gasteiger charge is -2.34. The van der Waals surface area contributed by atoms with Gasteiger partial charge in [0.05, 0.1) is 15.1 Å². The lowest BCUT2D eigenvalue weighted by Crippen LogP contribution is -2.42. The highest BCUT2D eigenvalue weighted by atomic mass is 32.2. The van der Waals surface area contributed by atoms with Crippen molar-refractivity contribution in [1.82, 2.24) is 9.29 Å². The first-order valence-corrected chi connectivity index (χ1v) is 11.2. The van der Waals surface area contributed by atoms with Crippen molar-refractivity contribution in [3.05, 3.63) is 48.5 Å². The first-order valence-electron chi connectivity index (χ1n) is 8.89. The van der Waals surface area contributed by atoms with Crippen LogP contribution in [0.3, 0.4) is 0 Å². The van der Waals surface area contributed by atoms with Gasteiger partial charge in [-0.25, -0.2) is 13.4 Å². The van der Waals surface area contributed by atoms with Gasteiger partial charge in [0.1, 0.15) is 5.01 Å². The predicted octanol–water partition coefficient (Wildman–Crippen LogP) is 4.63. The zero-order chi connectivity index (χ0) is 18.3. The van der Waals surface area contributed by atoms with Gasteiger partial charge in [0, 0.05) is 18.7 Å². The quantitative estimate of drug-likeness (QED) is 0.659. The van der Waals surface area contributed by atoms with Crippen molar-refractivity contribution in [1.29, 1.82) is 0 Å². The maximum Gasteiger partial charge on any atom is 0.243 e. The lowest BCUT2D eigenvalue weighted by atomic mass is 9.94. The number of aromatic nitrogens is 1. The van der Waals surface area contributed by atoms with Crippen LogP contribution in [0, 0.1) is 11.8 Å². The Labute approximate surface area is 158 Å². The van der Waals surface area contributed by atoms with Crippen LogP contribution in [0.5, 0.6) is 0 Å². The second kappa shape index (κ2) is 6.76. The van der Waals surface area contributed by atoms with Gasteiger partial charge in [-0.2, -0.15) is 4.31 Å². The van der Waals surface area contributed by atoms with E-state index in [1.54, 1.807) is 27.8 Å². The van der Waals surface area contributed by atoms with Crippen molar-refractivity contribution in [2.75, 3.05) is 13.1 Å². The molecule has 4 rings (SSSR count). The standard InChI is InChI=1S/C20H22N2O2S2/c1-14-11-15(2)13-22(12-14)26(23,24)17-9-7-16(8-10-17)20-21-18-5-3-4-6-19(18)25-20/h3-10,14-15H,11-13H2,1-2H3/t14-,15-/m1/s1. The van der Waals surface area contributed by atoms with E-state index in [0.29, 0.717) is 29.8 Å². The first kappa shape index (κ1) is 17.6. The summed E-state index contributed by atoms with van der Waals surface area (Å²) in [5.41, 5.74) is 1.92. The second-order valence-electron chi connectivity index (χ2n) is 7.28. The van der Waals surface area contributed by atoms with Crippen LogP contribution in [0.15, 0.2) is 53.4 Å². The summed E-state index contributed by atoms with van der Waals surface area (Å²) < 4.78 is 28.7. The number of nitrogens with zero attached hydrogens (tertiary/aromatic N) is 2. The maximum atomic E-state index is 13.0. The number of sulfonamides is 1. The smallest absolute Gasteiger partial charge is 0.236 e. The molecule has 1 aliphatic rings. The van der Waals surface area contributed by atoms with Gasteiger partial charge < -0.3 is 0 Å². The molecule has 26 heavy (non-hydrogen) atoms. The van der Waals surface area contributed by atoms with Crippen molar-refractivity contribution >= 4 is 31.6 Å². The highest BCUT2D eigenvalue weighted by Crippen LogP contribution is 2.32. The molecule has 4 nitrogen and oxygen atoms in total. The van der Waals surface area contributed by atoms with Crippen molar-refractivity contribution in [2.24, 2.45) is 11.8 Å². The van der Waals surface area contributed by atoms with Crippen LogP contribution in [0.25, 0.3) is 20.8 Å². The Morgan fingerprint density at radius 1 is 1.00 bits per heavy atom. The minimum Gasteiger partial charge on any atom is -0.236 e. The fourth-order valence-corrected chi connectivity index (χ4v) is 6.37. The normalized spacial score (nSPS) is 21.9. The Hall–Kier alpha value is -1.76. The minimum absolute atomic E-state index is 0.365. The average molecular weight is 387 g/mol. The molecule has 1 aliphatic heterocycles. The molecule has 0 unspecified atom stereocenters. The molecule has 1 fully saturated rings. The third-order valence-corrected chi connectivity index (χ3v) is 7.80. The molecule has 0 saturated carbocycles. The third-order valence-electron chi connectivity index (χ3n) is 4.87. The average Bonchev–Trinajstić information content (AvgIpc) is 3.05. The van der Waals surface area contributed by atoms with E-state index in [0.717, 1.165) is 27.2 Å². The number of hydrogen-bond donors (Lipinski definition) is 0. The zero-order valence-electron chi connectivity index (χ0n) is 14.9. The van der Waals surface area contributed by atoms with Crippen LogP contribution in [-0.4, -0.2) is 30.8 Å². The lowest BCUT2D eigenvalue weighted by molar-refractivity contribution is 0.222. The SMILES string of the molecule is C[C@@H]1C[C@@H](C)CN(S(=O)(=O)c2ccc(-c3nc4ccccc4s3)cc2)C1. The Balaban J connectivity index is 1.62. The summed E-state index contributed by atoms with van der Waals surface area (Å²) in [6.45, 7) is 5.45. The van der Waals surface area contributed by atoms with E-state index in [1.165, 1.54) is 0 Å². The van der Waals surface area contributed by atoms with Crippen LogP contribution in [0.4, 0.5) is 0 Å². The Bertz CT molecular complexity index is 982. The summed E-state index contributed by atoms with van der Waals surface area (Å²) in [5, 5.41) is 0.912. The molecule has 136 valence electrons. The van der Waals surface area contributed by atoms with Crippen molar-refractivity contribution < 1.29 is 8.42 Å².